The summed E-state index contributed by atoms with van der Waals surface area (Å²) >= 11 is 0. The molecule has 162 valence electrons. The Kier molecular flexibility index (Phi) is 5.74. The fourth-order valence-electron chi connectivity index (χ4n) is 4.17. The number of hydrogen-bond acceptors (Lipinski definition) is 4. The first-order valence-electron chi connectivity index (χ1n) is 11.1. The zero-order chi connectivity index (χ0) is 22.1. The van der Waals surface area contributed by atoms with Gasteiger partial charge in [-0.1, -0.05) is 80.0 Å². The third-order valence-corrected chi connectivity index (χ3v) is 6.41. The highest BCUT2D eigenvalue weighted by Crippen LogP contribution is 2.36. The first kappa shape index (κ1) is 21.4. The van der Waals surface area contributed by atoms with Gasteiger partial charge in [-0.2, -0.15) is 0 Å². The third-order valence-electron chi connectivity index (χ3n) is 6.41. The Labute approximate surface area is 185 Å². The summed E-state index contributed by atoms with van der Waals surface area (Å²) in [6, 6.07) is 16.4. The molecule has 2 aromatic rings. The molecule has 0 aromatic heterocycles. The molecule has 4 heteroatoms. The molecule has 2 aliphatic rings. The van der Waals surface area contributed by atoms with Gasteiger partial charge in [-0.15, -0.1) is 0 Å². The van der Waals surface area contributed by atoms with Gasteiger partial charge < -0.3 is 9.74 Å². The summed E-state index contributed by atoms with van der Waals surface area (Å²) in [7, 11) is 0. The lowest BCUT2D eigenvalue weighted by Gasteiger charge is -2.36. The van der Waals surface area contributed by atoms with Crippen LogP contribution in [0.25, 0.3) is 0 Å². The molecule has 1 fully saturated rings. The molecule has 1 saturated heterocycles. The van der Waals surface area contributed by atoms with E-state index in [-0.39, 0.29) is 16.8 Å². The number of piperidine rings is 1. The Bertz CT molecular complexity index is 987. The second-order valence-electron chi connectivity index (χ2n) is 9.90. The van der Waals surface area contributed by atoms with Crippen LogP contribution in [0.1, 0.15) is 67.1 Å². The monoisotopic (exact) mass is 416 g/mol. The molecule has 4 rings (SSSR count). The molecule has 0 N–H and O–H groups in total. The number of hydrogen-bond donors (Lipinski definition) is 0. The van der Waals surface area contributed by atoms with Crippen molar-refractivity contribution in [2.75, 3.05) is 13.1 Å². The number of ketones is 1. The van der Waals surface area contributed by atoms with Crippen molar-refractivity contribution >= 4 is 11.5 Å². The normalized spacial score (nSPS) is 18.3. The number of carbonyl (C=O) groups is 1. The van der Waals surface area contributed by atoms with Gasteiger partial charge >= 0.3 is 0 Å². The summed E-state index contributed by atoms with van der Waals surface area (Å²) in [4.78, 5) is 20.7. The van der Waals surface area contributed by atoms with Gasteiger partial charge in [0.2, 0.25) is 0 Å². The number of likely N-dealkylation sites (tertiary alicyclic amines) is 1. The summed E-state index contributed by atoms with van der Waals surface area (Å²) < 4.78 is 0. The lowest BCUT2D eigenvalue weighted by Crippen LogP contribution is -2.42. The topological polar surface area (TPSA) is 41.9 Å². The van der Waals surface area contributed by atoms with Crippen molar-refractivity contribution in [3.63, 3.8) is 0 Å². The van der Waals surface area contributed by atoms with E-state index >= 15 is 0 Å². The zero-order valence-electron chi connectivity index (χ0n) is 19.0. The quantitative estimate of drug-likeness (QED) is 0.478. The number of benzene rings is 2. The standard InChI is InChI=1S/C27H32N2O2/c1-20-5-7-21(8-6-20)24-19-27(31-28-24)14-17-29(18-15-27)16-13-25(30)22-9-11-23(12-10-22)26(2,3)4/h5-13,16H,14-15,17-19H2,1-4H3. The Morgan fingerprint density at radius 2 is 1.68 bits per heavy atom. The predicted octanol–water partition coefficient (Wildman–Crippen LogP) is 5.65. The zero-order valence-corrected chi connectivity index (χ0v) is 19.0. The molecular weight excluding hydrogens is 384 g/mol. The van der Waals surface area contributed by atoms with Crippen LogP contribution in [-0.2, 0) is 10.3 Å². The van der Waals surface area contributed by atoms with Crippen LogP contribution in [0.5, 0.6) is 0 Å². The van der Waals surface area contributed by atoms with Crippen molar-refractivity contribution < 1.29 is 9.63 Å². The van der Waals surface area contributed by atoms with Crippen LogP contribution in [0.15, 0.2) is 66.0 Å². The molecule has 0 amide bonds. The maximum atomic E-state index is 12.6. The van der Waals surface area contributed by atoms with E-state index in [0.717, 1.165) is 49.2 Å². The molecule has 0 saturated carbocycles. The van der Waals surface area contributed by atoms with Gasteiger partial charge in [-0.25, -0.2) is 0 Å². The number of allylic oxidation sites excluding steroid dienone is 1. The second-order valence-corrected chi connectivity index (χ2v) is 9.90. The largest absolute Gasteiger partial charge is 0.388 e. The fraction of sp³-hybridized carbons (Fsp3) is 0.407. The van der Waals surface area contributed by atoms with Gasteiger partial charge in [0.25, 0.3) is 0 Å². The molecule has 4 nitrogen and oxygen atoms in total. The maximum absolute atomic E-state index is 12.6. The van der Waals surface area contributed by atoms with Crippen molar-refractivity contribution in [3.8, 4) is 0 Å². The van der Waals surface area contributed by atoms with E-state index in [0.29, 0.717) is 0 Å². The number of aryl methyl sites for hydroxylation is 1. The molecule has 0 atom stereocenters. The Hall–Kier alpha value is -2.88. The van der Waals surface area contributed by atoms with E-state index in [1.54, 1.807) is 6.08 Å². The lowest BCUT2D eigenvalue weighted by atomic mass is 9.85. The molecule has 2 aliphatic heterocycles. The van der Waals surface area contributed by atoms with Gasteiger partial charge in [-0.05, 0) is 23.5 Å². The van der Waals surface area contributed by atoms with E-state index < -0.39 is 0 Å². The van der Waals surface area contributed by atoms with Gasteiger partial charge in [0.15, 0.2) is 5.78 Å². The summed E-state index contributed by atoms with van der Waals surface area (Å²) in [6.07, 6.45) is 6.29. The van der Waals surface area contributed by atoms with Gasteiger partial charge in [0.05, 0.1) is 5.71 Å². The Morgan fingerprint density at radius 3 is 2.29 bits per heavy atom. The highest BCUT2D eigenvalue weighted by Gasteiger charge is 2.41. The van der Waals surface area contributed by atoms with Gasteiger partial charge in [0, 0.05) is 50.2 Å². The van der Waals surface area contributed by atoms with Crippen molar-refractivity contribution in [1.82, 2.24) is 4.90 Å². The average Bonchev–Trinajstić information content (AvgIpc) is 3.17. The van der Waals surface area contributed by atoms with E-state index in [2.05, 4.69) is 74.1 Å². The van der Waals surface area contributed by atoms with E-state index in [1.165, 1.54) is 11.1 Å². The van der Waals surface area contributed by atoms with Crippen LogP contribution in [0.4, 0.5) is 0 Å². The van der Waals surface area contributed by atoms with Crippen molar-refractivity contribution in [1.29, 1.82) is 0 Å². The van der Waals surface area contributed by atoms with Crippen LogP contribution in [0.2, 0.25) is 0 Å². The van der Waals surface area contributed by atoms with Crippen LogP contribution < -0.4 is 0 Å². The average molecular weight is 417 g/mol. The molecule has 31 heavy (non-hydrogen) atoms. The number of oxime groups is 1. The Morgan fingerprint density at radius 1 is 1.03 bits per heavy atom. The third kappa shape index (κ3) is 4.90. The molecule has 0 unspecified atom stereocenters. The first-order valence-corrected chi connectivity index (χ1v) is 11.1. The predicted molar refractivity (Wildman–Crippen MR) is 126 cm³/mol. The molecule has 0 aliphatic carbocycles. The molecule has 2 heterocycles. The first-order chi connectivity index (χ1) is 14.7. The van der Waals surface area contributed by atoms with Crippen LogP contribution in [0, 0.1) is 6.92 Å². The lowest BCUT2D eigenvalue weighted by molar-refractivity contribution is -0.0550. The summed E-state index contributed by atoms with van der Waals surface area (Å²) in [5, 5.41) is 4.40. The molecule has 0 radical (unpaired) electrons. The maximum Gasteiger partial charge on any atom is 0.187 e. The number of nitrogens with zero attached hydrogens (tertiary/aromatic N) is 2. The van der Waals surface area contributed by atoms with Crippen molar-refractivity contribution in [3.05, 3.63) is 83.1 Å². The Balaban J connectivity index is 1.31. The van der Waals surface area contributed by atoms with E-state index in [9.17, 15) is 4.79 Å². The van der Waals surface area contributed by atoms with E-state index in [4.69, 9.17) is 4.84 Å². The number of rotatable bonds is 4. The minimum Gasteiger partial charge on any atom is -0.388 e. The van der Waals surface area contributed by atoms with Crippen LogP contribution in [-0.4, -0.2) is 35.1 Å². The SMILES string of the molecule is Cc1ccc(C2=NOC3(CCN(C=CC(=O)c4ccc(C(C)(C)C)cc4)CC3)C2)cc1. The summed E-state index contributed by atoms with van der Waals surface area (Å²) in [5.74, 6) is 0.0443. The van der Waals surface area contributed by atoms with Gasteiger partial charge in [0.1, 0.15) is 5.60 Å². The summed E-state index contributed by atoms with van der Waals surface area (Å²) in [6.45, 7) is 10.3. The van der Waals surface area contributed by atoms with Crippen LogP contribution >= 0.6 is 0 Å². The van der Waals surface area contributed by atoms with E-state index in [1.807, 2.05) is 18.3 Å². The highest BCUT2D eigenvalue weighted by atomic mass is 16.7. The minimum absolute atomic E-state index is 0.0443. The molecular formula is C27H32N2O2. The molecule has 0 bridgehead atoms. The second kappa shape index (κ2) is 8.33. The highest BCUT2D eigenvalue weighted by molar-refractivity contribution is 6.04. The molecule has 2 aromatic carbocycles. The van der Waals surface area contributed by atoms with Crippen molar-refractivity contribution in [2.24, 2.45) is 5.16 Å². The fourth-order valence-corrected chi connectivity index (χ4v) is 4.17. The summed E-state index contributed by atoms with van der Waals surface area (Å²) in [5.41, 5.74) is 5.29. The smallest absolute Gasteiger partial charge is 0.187 e. The van der Waals surface area contributed by atoms with Crippen LogP contribution in [0.3, 0.4) is 0 Å². The van der Waals surface area contributed by atoms with Crippen molar-refractivity contribution in [2.45, 2.75) is 58.0 Å². The van der Waals surface area contributed by atoms with Gasteiger partial charge in [-0.3, -0.25) is 4.79 Å². The number of carbonyl (C=O) groups excluding carboxylic acids is 1. The minimum atomic E-state index is -0.197. The molecule has 1 spiro atoms.